The van der Waals surface area contributed by atoms with E-state index in [9.17, 15) is 0 Å². The van der Waals surface area contributed by atoms with Crippen LogP contribution in [0.5, 0.6) is 0 Å². The Morgan fingerprint density at radius 3 is 2.73 bits per heavy atom. The molecule has 15 heavy (non-hydrogen) atoms. The first-order chi connectivity index (χ1) is 7.09. The summed E-state index contributed by atoms with van der Waals surface area (Å²) in [7, 11) is 0. The molecule has 0 amide bonds. The summed E-state index contributed by atoms with van der Waals surface area (Å²) in [5, 5.41) is 0. The van der Waals surface area contributed by atoms with E-state index < -0.39 is 0 Å². The minimum atomic E-state index is 0.220. The molecule has 0 aromatic rings. The van der Waals surface area contributed by atoms with Crippen molar-refractivity contribution in [1.29, 1.82) is 0 Å². The number of fused-ring (bicyclic) bond motifs is 1. The van der Waals surface area contributed by atoms with Crippen molar-refractivity contribution in [2.75, 3.05) is 26.4 Å². The van der Waals surface area contributed by atoms with Gasteiger partial charge >= 0.3 is 0 Å². The van der Waals surface area contributed by atoms with Crippen LogP contribution in [0.15, 0.2) is 0 Å². The fraction of sp³-hybridized carbons (Fsp3) is 1.00. The molecule has 3 heteroatoms. The summed E-state index contributed by atoms with van der Waals surface area (Å²) in [6.45, 7) is 10.6. The Morgan fingerprint density at radius 1 is 1.20 bits per heavy atom. The molecule has 0 aliphatic carbocycles. The molecule has 2 aliphatic rings. The second-order valence-electron chi connectivity index (χ2n) is 5.56. The highest BCUT2D eigenvalue weighted by Gasteiger charge is 2.38. The van der Waals surface area contributed by atoms with Crippen LogP contribution in [0.4, 0.5) is 0 Å². The molecule has 0 aromatic heterocycles. The molecule has 2 rings (SSSR count). The fourth-order valence-corrected chi connectivity index (χ4v) is 2.66. The second-order valence-corrected chi connectivity index (χ2v) is 5.56. The Bertz CT molecular complexity index is 212. The maximum Gasteiger partial charge on any atom is 0.0774 e. The van der Waals surface area contributed by atoms with Crippen molar-refractivity contribution in [2.24, 2.45) is 0 Å². The van der Waals surface area contributed by atoms with Gasteiger partial charge in [0.2, 0.25) is 0 Å². The Hall–Kier alpha value is -0.120. The minimum Gasteiger partial charge on any atom is -0.380 e. The number of nitrogens with zero attached hydrogens (tertiary/aromatic N) is 1. The van der Waals surface area contributed by atoms with Crippen LogP contribution < -0.4 is 0 Å². The number of hydrogen-bond acceptors (Lipinski definition) is 3. The third-order valence-corrected chi connectivity index (χ3v) is 3.40. The Balaban J connectivity index is 2.13. The average molecular weight is 213 g/mol. The first kappa shape index (κ1) is 11.4. The van der Waals surface area contributed by atoms with Crippen LogP contribution in [0.25, 0.3) is 0 Å². The molecule has 2 unspecified atom stereocenters. The van der Waals surface area contributed by atoms with E-state index >= 15 is 0 Å². The van der Waals surface area contributed by atoms with Gasteiger partial charge in [-0.1, -0.05) is 0 Å². The molecule has 0 saturated carbocycles. The van der Waals surface area contributed by atoms with Gasteiger partial charge in [0.1, 0.15) is 0 Å². The summed E-state index contributed by atoms with van der Waals surface area (Å²) in [6.07, 6.45) is 2.59. The van der Waals surface area contributed by atoms with Gasteiger partial charge in [-0.15, -0.1) is 0 Å². The Labute approximate surface area is 92.7 Å². The Morgan fingerprint density at radius 2 is 2.00 bits per heavy atom. The predicted octanol–water partition coefficient (Wildman–Crippen LogP) is 1.66. The molecule has 0 radical (unpaired) electrons. The van der Waals surface area contributed by atoms with E-state index in [0.717, 1.165) is 39.2 Å². The van der Waals surface area contributed by atoms with Crippen LogP contribution in [0, 0.1) is 0 Å². The highest BCUT2D eigenvalue weighted by atomic mass is 16.5. The van der Waals surface area contributed by atoms with Crippen LogP contribution >= 0.6 is 0 Å². The van der Waals surface area contributed by atoms with Crippen LogP contribution in [0.3, 0.4) is 0 Å². The lowest BCUT2D eigenvalue weighted by Crippen LogP contribution is -2.56. The summed E-state index contributed by atoms with van der Waals surface area (Å²) < 4.78 is 11.5. The van der Waals surface area contributed by atoms with Gasteiger partial charge in [-0.3, -0.25) is 4.90 Å². The summed E-state index contributed by atoms with van der Waals surface area (Å²) in [4.78, 5) is 2.56. The maximum absolute atomic E-state index is 5.91. The molecule has 3 nitrogen and oxygen atoms in total. The van der Waals surface area contributed by atoms with Crippen molar-refractivity contribution < 1.29 is 9.47 Å². The molecule has 88 valence electrons. The van der Waals surface area contributed by atoms with E-state index in [-0.39, 0.29) is 5.54 Å². The van der Waals surface area contributed by atoms with Crippen molar-refractivity contribution in [3.8, 4) is 0 Å². The van der Waals surface area contributed by atoms with E-state index in [0.29, 0.717) is 12.1 Å². The summed E-state index contributed by atoms with van der Waals surface area (Å²) in [5.41, 5.74) is 0.220. The first-order valence-corrected chi connectivity index (χ1v) is 6.05. The van der Waals surface area contributed by atoms with Gasteiger partial charge in [-0.2, -0.15) is 0 Å². The zero-order chi connectivity index (χ0) is 10.9. The van der Waals surface area contributed by atoms with E-state index in [1.54, 1.807) is 0 Å². The molecule has 0 spiro atoms. The van der Waals surface area contributed by atoms with Crippen molar-refractivity contribution in [3.63, 3.8) is 0 Å². The number of rotatable bonds is 0. The second kappa shape index (κ2) is 4.40. The van der Waals surface area contributed by atoms with Crippen LogP contribution in [-0.4, -0.2) is 49.0 Å². The lowest BCUT2D eigenvalue weighted by molar-refractivity contribution is -0.0914. The highest BCUT2D eigenvalue weighted by Crippen LogP contribution is 2.27. The molecular weight excluding hydrogens is 190 g/mol. The molecule has 2 atom stereocenters. The molecule has 2 fully saturated rings. The van der Waals surface area contributed by atoms with Crippen molar-refractivity contribution >= 4 is 0 Å². The first-order valence-electron chi connectivity index (χ1n) is 6.05. The number of hydrogen-bond donors (Lipinski definition) is 0. The van der Waals surface area contributed by atoms with Gasteiger partial charge < -0.3 is 9.47 Å². The summed E-state index contributed by atoms with van der Waals surface area (Å²) in [6, 6.07) is 0.459. The lowest BCUT2D eigenvalue weighted by Gasteiger charge is -2.44. The summed E-state index contributed by atoms with van der Waals surface area (Å²) >= 11 is 0. The topological polar surface area (TPSA) is 21.7 Å². The normalized spacial score (nSPS) is 34.6. The molecule has 2 heterocycles. The average Bonchev–Trinajstić information content (AvgIpc) is 2.38. The molecule has 2 aliphatic heterocycles. The number of ether oxygens (including phenoxy) is 2. The molecular formula is C12H23NO2. The van der Waals surface area contributed by atoms with Crippen molar-refractivity contribution in [2.45, 2.75) is 51.3 Å². The van der Waals surface area contributed by atoms with Crippen LogP contribution in [0.1, 0.15) is 33.6 Å². The van der Waals surface area contributed by atoms with Gasteiger partial charge in [-0.05, 0) is 33.6 Å². The van der Waals surface area contributed by atoms with Crippen LogP contribution in [0.2, 0.25) is 0 Å². The van der Waals surface area contributed by atoms with Crippen molar-refractivity contribution in [1.82, 2.24) is 4.90 Å². The van der Waals surface area contributed by atoms with Gasteiger partial charge in [0, 0.05) is 25.3 Å². The van der Waals surface area contributed by atoms with Crippen LogP contribution in [-0.2, 0) is 9.47 Å². The largest absolute Gasteiger partial charge is 0.380 e. The molecule has 2 saturated heterocycles. The molecule has 0 N–H and O–H groups in total. The highest BCUT2D eigenvalue weighted by molar-refractivity contribution is 4.91. The molecule has 0 bridgehead atoms. The zero-order valence-corrected chi connectivity index (χ0v) is 10.2. The van der Waals surface area contributed by atoms with E-state index in [2.05, 4.69) is 25.7 Å². The monoisotopic (exact) mass is 213 g/mol. The maximum atomic E-state index is 5.91. The third kappa shape index (κ3) is 2.52. The lowest BCUT2D eigenvalue weighted by atomic mass is 9.97. The summed E-state index contributed by atoms with van der Waals surface area (Å²) in [5.74, 6) is 0. The Kier molecular flexibility index (Phi) is 3.33. The van der Waals surface area contributed by atoms with E-state index in [1.165, 1.54) is 0 Å². The van der Waals surface area contributed by atoms with E-state index in [1.807, 2.05) is 0 Å². The predicted molar refractivity (Wildman–Crippen MR) is 60.0 cm³/mol. The smallest absolute Gasteiger partial charge is 0.0774 e. The molecule has 0 aromatic carbocycles. The zero-order valence-electron chi connectivity index (χ0n) is 10.2. The fourth-order valence-electron chi connectivity index (χ4n) is 2.66. The van der Waals surface area contributed by atoms with Gasteiger partial charge in [0.05, 0.1) is 18.8 Å². The minimum absolute atomic E-state index is 0.220. The van der Waals surface area contributed by atoms with Gasteiger partial charge in [0.15, 0.2) is 0 Å². The SMILES string of the molecule is CC(C)(C)N1CCCOC2CCOCC21. The third-order valence-electron chi connectivity index (χ3n) is 3.40. The quantitative estimate of drug-likeness (QED) is 0.611. The van der Waals surface area contributed by atoms with Gasteiger partial charge in [0.25, 0.3) is 0 Å². The van der Waals surface area contributed by atoms with E-state index in [4.69, 9.17) is 9.47 Å². The standard InChI is InChI=1S/C12H23NO2/c1-12(2,3)13-6-4-7-15-11-5-8-14-9-10(11)13/h10-11H,4-9H2,1-3H3. The van der Waals surface area contributed by atoms with Gasteiger partial charge in [-0.25, -0.2) is 0 Å². The van der Waals surface area contributed by atoms with Crippen molar-refractivity contribution in [3.05, 3.63) is 0 Å².